The molecule has 130 valence electrons. The van der Waals surface area contributed by atoms with Crippen molar-refractivity contribution >= 4 is 34.6 Å². The standard InChI is InChI=1S/C17H19N5O2S/c1-11-2-3-12(8-14(11)22-7-4-18-16(22)24)15(23)20-9-13-10-25-17-19-5-6-21(13)17/h2-3,8,10H,4-7,9H2,1H3,(H,18,24)(H,20,23). The summed E-state index contributed by atoms with van der Waals surface area (Å²) in [4.78, 5) is 32.7. The molecular formula is C17H19N5O2S. The lowest BCUT2D eigenvalue weighted by molar-refractivity contribution is 0.0955. The van der Waals surface area contributed by atoms with Crippen molar-refractivity contribution in [2.45, 2.75) is 6.92 Å². The SMILES string of the molecule is Cc1ccc(C(=O)NCC2=CSC3=NCCN23)cc1N1CCNC1=O. The number of fused-ring (bicyclic) bond motifs is 1. The maximum absolute atomic E-state index is 12.5. The van der Waals surface area contributed by atoms with Crippen LogP contribution in [0.5, 0.6) is 0 Å². The molecule has 4 rings (SSSR count). The molecule has 8 heteroatoms. The molecule has 1 fully saturated rings. The first-order valence-electron chi connectivity index (χ1n) is 8.25. The molecule has 0 atom stereocenters. The number of aryl methyl sites for hydroxylation is 1. The first kappa shape index (κ1) is 16.0. The van der Waals surface area contributed by atoms with Crippen LogP contribution in [-0.2, 0) is 0 Å². The second-order valence-electron chi connectivity index (χ2n) is 6.11. The predicted molar refractivity (Wildman–Crippen MR) is 98.9 cm³/mol. The van der Waals surface area contributed by atoms with Crippen LogP contribution in [0.3, 0.4) is 0 Å². The van der Waals surface area contributed by atoms with Gasteiger partial charge in [-0.1, -0.05) is 17.8 Å². The van der Waals surface area contributed by atoms with E-state index in [1.165, 1.54) is 0 Å². The molecule has 0 spiro atoms. The highest BCUT2D eigenvalue weighted by Crippen LogP contribution is 2.28. The number of carbonyl (C=O) groups is 2. The van der Waals surface area contributed by atoms with E-state index < -0.39 is 0 Å². The molecule has 1 aromatic carbocycles. The lowest BCUT2D eigenvalue weighted by atomic mass is 10.1. The molecule has 0 saturated carbocycles. The quantitative estimate of drug-likeness (QED) is 0.856. The topological polar surface area (TPSA) is 77.0 Å². The van der Waals surface area contributed by atoms with E-state index in [-0.39, 0.29) is 11.9 Å². The van der Waals surface area contributed by atoms with Crippen molar-refractivity contribution in [2.24, 2.45) is 4.99 Å². The smallest absolute Gasteiger partial charge is 0.322 e. The summed E-state index contributed by atoms with van der Waals surface area (Å²) in [6.45, 7) is 5.34. The molecule has 3 aliphatic rings. The van der Waals surface area contributed by atoms with Gasteiger partial charge >= 0.3 is 6.03 Å². The van der Waals surface area contributed by atoms with Crippen LogP contribution in [-0.4, -0.2) is 54.7 Å². The van der Waals surface area contributed by atoms with Crippen molar-refractivity contribution in [3.63, 3.8) is 0 Å². The largest absolute Gasteiger partial charge is 0.346 e. The summed E-state index contributed by atoms with van der Waals surface area (Å²) in [5, 5.41) is 8.80. The molecule has 7 nitrogen and oxygen atoms in total. The summed E-state index contributed by atoms with van der Waals surface area (Å²) < 4.78 is 0. The number of carbonyl (C=O) groups excluding carboxylic acids is 2. The fourth-order valence-electron chi connectivity index (χ4n) is 3.13. The lowest BCUT2D eigenvalue weighted by Gasteiger charge is -2.19. The number of nitrogens with one attached hydrogen (secondary N) is 2. The van der Waals surface area contributed by atoms with Crippen LogP contribution in [0.25, 0.3) is 0 Å². The Balaban J connectivity index is 1.45. The Morgan fingerprint density at radius 3 is 3.04 bits per heavy atom. The molecule has 0 aromatic heterocycles. The van der Waals surface area contributed by atoms with Gasteiger partial charge in [0.15, 0.2) is 5.17 Å². The van der Waals surface area contributed by atoms with Gasteiger partial charge in [-0.2, -0.15) is 0 Å². The number of urea groups is 1. The van der Waals surface area contributed by atoms with Crippen molar-refractivity contribution in [3.8, 4) is 0 Å². The second kappa shape index (κ2) is 6.44. The minimum Gasteiger partial charge on any atom is -0.346 e. The number of hydrogen-bond donors (Lipinski definition) is 2. The Hall–Kier alpha value is -2.48. The van der Waals surface area contributed by atoms with E-state index in [9.17, 15) is 9.59 Å². The molecular weight excluding hydrogens is 338 g/mol. The highest BCUT2D eigenvalue weighted by atomic mass is 32.2. The fraction of sp³-hybridized carbons (Fsp3) is 0.353. The molecule has 3 aliphatic heterocycles. The molecule has 0 aliphatic carbocycles. The Morgan fingerprint density at radius 2 is 2.24 bits per heavy atom. The van der Waals surface area contributed by atoms with Crippen LogP contribution in [0.4, 0.5) is 10.5 Å². The van der Waals surface area contributed by atoms with Gasteiger partial charge < -0.3 is 15.5 Å². The monoisotopic (exact) mass is 357 g/mol. The van der Waals surface area contributed by atoms with Gasteiger partial charge in [-0.05, 0) is 24.6 Å². The summed E-state index contributed by atoms with van der Waals surface area (Å²) in [5.41, 5.74) is 3.39. The summed E-state index contributed by atoms with van der Waals surface area (Å²) >= 11 is 1.60. The van der Waals surface area contributed by atoms with Crippen molar-refractivity contribution in [2.75, 3.05) is 37.6 Å². The normalized spacial score (nSPS) is 18.8. The van der Waals surface area contributed by atoms with Gasteiger partial charge in [-0.15, -0.1) is 0 Å². The number of anilines is 1. The number of aliphatic imine (C=N–C) groups is 1. The van der Waals surface area contributed by atoms with Gasteiger partial charge in [-0.25, -0.2) is 4.79 Å². The molecule has 0 radical (unpaired) electrons. The molecule has 3 heterocycles. The number of amides is 3. The van der Waals surface area contributed by atoms with Gasteiger partial charge in [0.05, 0.1) is 13.1 Å². The van der Waals surface area contributed by atoms with E-state index in [2.05, 4.69) is 20.5 Å². The first-order valence-corrected chi connectivity index (χ1v) is 9.13. The van der Waals surface area contributed by atoms with Crippen molar-refractivity contribution < 1.29 is 9.59 Å². The molecule has 3 amide bonds. The first-order chi connectivity index (χ1) is 12.1. The van der Waals surface area contributed by atoms with E-state index in [0.717, 1.165) is 35.2 Å². The van der Waals surface area contributed by atoms with Gasteiger partial charge in [-0.3, -0.25) is 14.7 Å². The van der Waals surface area contributed by atoms with Crippen molar-refractivity contribution in [1.29, 1.82) is 0 Å². The molecule has 2 N–H and O–H groups in total. The van der Waals surface area contributed by atoms with Crippen molar-refractivity contribution in [1.82, 2.24) is 15.5 Å². The Morgan fingerprint density at radius 1 is 1.36 bits per heavy atom. The van der Waals surface area contributed by atoms with Crippen LogP contribution in [0.15, 0.2) is 34.3 Å². The van der Waals surface area contributed by atoms with Crippen LogP contribution >= 0.6 is 11.8 Å². The van der Waals surface area contributed by atoms with Crippen LogP contribution in [0.2, 0.25) is 0 Å². The zero-order valence-corrected chi connectivity index (χ0v) is 14.7. The zero-order chi connectivity index (χ0) is 17.4. The molecule has 0 bridgehead atoms. The van der Waals surface area contributed by atoms with E-state index in [0.29, 0.717) is 25.2 Å². The fourth-order valence-corrected chi connectivity index (χ4v) is 4.08. The number of hydrogen-bond acceptors (Lipinski definition) is 5. The van der Waals surface area contributed by atoms with E-state index >= 15 is 0 Å². The predicted octanol–water partition coefficient (Wildman–Crippen LogP) is 1.51. The van der Waals surface area contributed by atoms with Gasteiger partial charge in [0.2, 0.25) is 0 Å². The molecule has 1 saturated heterocycles. The number of rotatable bonds is 4. The average Bonchev–Trinajstić information content (AvgIpc) is 3.31. The maximum Gasteiger partial charge on any atom is 0.322 e. The third-order valence-corrected chi connectivity index (χ3v) is 5.45. The average molecular weight is 357 g/mol. The minimum atomic E-state index is -0.142. The summed E-state index contributed by atoms with van der Waals surface area (Å²) in [7, 11) is 0. The van der Waals surface area contributed by atoms with E-state index in [4.69, 9.17) is 0 Å². The number of benzene rings is 1. The van der Waals surface area contributed by atoms with Gasteiger partial charge in [0, 0.05) is 42.0 Å². The molecule has 25 heavy (non-hydrogen) atoms. The third kappa shape index (κ3) is 2.97. The highest BCUT2D eigenvalue weighted by Gasteiger charge is 2.27. The summed E-state index contributed by atoms with van der Waals surface area (Å²) in [6.07, 6.45) is 0. The van der Waals surface area contributed by atoms with Crippen LogP contribution < -0.4 is 15.5 Å². The number of amidine groups is 1. The molecule has 0 unspecified atom stereocenters. The molecule has 1 aromatic rings. The van der Waals surface area contributed by atoms with Gasteiger partial charge in [0.25, 0.3) is 5.91 Å². The number of thioether (sulfide) groups is 1. The third-order valence-electron chi connectivity index (χ3n) is 4.50. The lowest BCUT2D eigenvalue weighted by Crippen LogP contribution is -2.32. The Bertz CT molecular complexity index is 804. The maximum atomic E-state index is 12.5. The Kier molecular flexibility index (Phi) is 4.12. The Labute approximate surface area is 150 Å². The minimum absolute atomic E-state index is 0.116. The summed E-state index contributed by atoms with van der Waals surface area (Å²) in [5.74, 6) is -0.142. The second-order valence-corrected chi connectivity index (χ2v) is 6.95. The van der Waals surface area contributed by atoms with E-state index in [1.54, 1.807) is 28.8 Å². The highest BCUT2D eigenvalue weighted by molar-refractivity contribution is 8.16. The zero-order valence-electron chi connectivity index (χ0n) is 13.9. The van der Waals surface area contributed by atoms with E-state index in [1.807, 2.05) is 18.4 Å². The summed E-state index contributed by atoms with van der Waals surface area (Å²) in [6, 6.07) is 5.35. The number of nitrogens with zero attached hydrogens (tertiary/aromatic N) is 3. The van der Waals surface area contributed by atoms with Crippen LogP contribution in [0.1, 0.15) is 15.9 Å². The van der Waals surface area contributed by atoms with Gasteiger partial charge in [0.1, 0.15) is 0 Å². The van der Waals surface area contributed by atoms with Crippen LogP contribution in [0, 0.1) is 6.92 Å². The van der Waals surface area contributed by atoms with Crippen molar-refractivity contribution in [3.05, 3.63) is 40.4 Å².